The highest BCUT2D eigenvalue weighted by Crippen LogP contribution is 2.31. The van der Waals surface area contributed by atoms with Crippen LogP contribution in [0.15, 0.2) is 34.8 Å². The van der Waals surface area contributed by atoms with Crippen LogP contribution in [-0.2, 0) is 24.2 Å². The van der Waals surface area contributed by atoms with E-state index in [0.717, 1.165) is 17.5 Å². The quantitative estimate of drug-likeness (QED) is 0.469. The zero-order valence-corrected chi connectivity index (χ0v) is 16.0. The van der Waals surface area contributed by atoms with Crippen molar-refractivity contribution in [3.8, 4) is 11.5 Å². The first kappa shape index (κ1) is 19.2. The van der Waals surface area contributed by atoms with Crippen molar-refractivity contribution >= 4 is 22.1 Å². The number of carbonyl (C=O) groups excluding carboxylic acids is 1. The lowest BCUT2D eigenvalue weighted by Gasteiger charge is -2.15. The molecule has 0 saturated carbocycles. The highest BCUT2D eigenvalue weighted by molar-refractivity contribution is 9.10. The lowest BCUT2D eigenvalue weighted by atomic mass is 10.0. The molecule has 25 heavy (non-hydrogen) atoms. The third-order valence-corrected chi connectivity index (χ3v) is 4.44. The standard InChI is InChI=1S/C19H20BrFO4/c1-4-12-7-6-8-17(25-19(22)23-3)14(12)11-24-18-10-16(21)13(5-2)9-15(18)20/h6-10H,4-5,11H2,1-3H3. The van der Waals surface area contributed by atoms with Crippen LogP contribution in [0.3, 0.4) is 0 Å². The minimum atomic E-state index is -0.797. The molecule has 0 unspecified atom stereocenters. The second kappa shape index (κ2) is 8.85. The summed E-state index contributed by atoms with van der Waals surface area (Å²) >= 11 is 3.40. The molecule has 0 bridgehead atoms. The van der Waals surface area contributed by atoms with E-state index in [0.29, 0.717) is 28.0 Å². The second-order valence-corrected chi connectivity index (χ2v) is 6.17. The summed E-state index contributed by atoms with van der Waals surface area (Å²) in [5.74, 6) is 0.452. The second-order valence-electron chi connectivity index (χ2n) is 5.32. The van der Waals surface area contributed by atoms with Gasteiger partial charge in [-0.15, -0.1) is 0 Å². The van der Waals surface area contributed by atoms with Gasteiger partial charge in [0.05, 0.1) is 11.6 Å². The molecule has 0 amide bonds. The summed E-state index contributed by atoms with van der Waals surface area (Å²) in [7, 11) is 1.25. The summed E-state index contributed by atoms with van der Waals surface area (Å²) in [6.07, 6.45) is 0.538. The Balaban J connectivity index is 2.28. The van der Waals surface area contributed by atoms with Crippen LogP contribution in [0.5, 0.6) is 11.5 Å². The number of ether oxygens (including phenoxy) is 3. The minimum Gasteiger partial charge on any atom is -0.487 e. The Morgan fingerprint density at radius 1 is 1.12 bits per heavy atom. The zero-order valence-electron chi connectivity index (χ0n) is 14.4. The molecule has 4 nitrogen and oxygen atoms in total. The van der Waals surface area contributed by atoms with E-state index in [1.165, 1.54) is 13.2 Å². The van der Waals surface area contributed by atoms with Gasteiger partial charge >= 0.3 is 6.16 Å². The molecule has 0 fully saturated rings. The van der Waals surface area contributed by atoms with Gasteiger partial charge in [-0.1, -0.05) is 26.0 Å². The van der Waals surface area contributed by atoms with Crippen LogP contribution in [-0.4, -0.2) is 13.3 Å². The number of halogens is 2. The molecule has 0 atom stereocenters. The van der Waals surface area contributed by atoms with Gasteiger partial charge < -0.3 is 14.2 Å². The topological polar surface area (TPSA) is 44.8 Å². The number of carbonyl (C=O) groups is 1. The van der Waals surface area contributed by atoms with E-state index in [2.05, 4.69) is 20.7 Å². The molecule has 6 heteroatoms. The van der Waals surface area contributed by atoms with Gasteiger partial charge in [-0.25, -0.2) is 9.18 Å². The SMILES string of the molecule is CCc1cc(Br)c(OCc2c(CC)cccc2OC(=O)OC)cc1F. The Kier molecular flexibility index (Phi) is 6.82. The highest BCUT2D eigenvalue weighted by atomic mass is 79.9. The van der Waals surface area contributed by atoms with Gasteiger partial charge in [-0.05, 0) is 52.0 Å². The summed E-state index contributed by atoms with van der Waals surface area (Å²) in [6.45, 7) is 4.02. The van der Waals surface area contributed by atoms with Crippen molar-refractivity contribution in [2.45, 2.75) is 33.3 Å². The van der Waals surface area contributed by atoms with Crippen LogP contribution in [0, 0.1) is 5.82 Å². The third kappa shape index (κ3) is 4.72. The molecule has 0 aromatic heterocycles. The Morgan fingerprint density at radius 2 is 1.84 bits per heavy atom. The zero-order chi connectivity index (χ0) is 18.4. The van der Waals surface area contributed by atoms with E-state index in [4.69, 9.17) is 9.47 Å². The summed E-state index contributed by atoms with van der Waals surface area (Å²) in [5.41, 5.74) is 2.31. The van der Waals surface area contributed by atoms with Gasteiger partial charge in [0.25, 0.3) is 0 Å². The molecule has 0 spiro atoms. The molecular weight excluding hydrogens is 391 g/mol. The van der Waals surface area contributed by atoms with Crippen LogP contribution in [0.4, 0.5) is 9.18 Å². The molecule has 2 aromatic rings. The van der Waals surface area contributed by atoms with Gasteiger partial charge in [0.15, 0.2) is 0 Å². The van der Waals surface area contributed by atoms with E-state index in [9.17, 15) is 9.18 Å². The molecule has 0 heterocycles. The average Bonchev–Trinajstić information content (AvgIpc) is 2.62. The summed E-state index contributed by atoms with van der Waals surface area (Å²) in [5, 5.41) is 0. The van der Waals surface area contributed by atoms with Crippen molar-refractivity contribution in [1.29, 1.82) is 0 Å². The number of rotatable bonds is 6. The maximum atomic E-state index is 14.0. The number of aryl methyl sites for hydroxylation is 2. The van der Waals surface area contributed by atoms with Crippen LogP contribution >= 0.6 is 15.9 Å². The van der Waals surface area contributed by atoms with Crippen molar-refractivity contribution in [2.75, 3.05) is 7.11 Å². The van der Waals surface area contributed by atoms with Gasteiger partial charge in [0.2, 0.25) is 0 Å². The molecular formula is C19H20BrFO4. The van der Waals surface area contributed by atoms with Crippen LogP contribution < -0.4 is 9.47 Å². The molecule has 0 saturated heterocycles. The molecule has 0 aliphatic rings. The molecule has 0 aliphatic heterocycles. The average molecular weight is 411 g/mol. The van der Waals surface area contributed by atoms with Crippen LogP contribution in [0.1, 0.15) is 30.5 Å². The van der Waals surface area contributed by atoms with E-state index in [1.807, 2.05) is 19.9 Å². The molecule has 134 valence electrons. The maximum Gasteiger partial charge on any atom is 0.513 e. The first-order chi connectivity index (χ1) is 12.0. The van der Waals surface area contributed by atoms with Gasteiger partial charge in [0, 0.05) is 11.6 Å². The minimum absolute atomic E-state index is 0.139. The van der Waals surface area contributed by atoms with Gasteiger partial charge in [-0.2, -0.15) is 0 Å². The lowest BCUT2D eigenvalue weighted by Crippen LogP contribution is -2.11. The Bertz CT molecular complexity index is 761. The maximum absolute atomic E-state index is 14.0. The smallest absolute Gasteiger partial charge is 0.487 e. The first-order valence-corrected chi connectivity index (χ1v) is 8.76. The van der Waals surface area contributed by atoms with Gasteiger partial charge in [0.1, 0.15) is 23.9 Å². The Labute approximate surface area is 155 Å². The van der Waals surface area contributed by atoms with Crippen LogP contribution in [0.2, 0.25) is 0 Å². The fourth-order valence-corrected chi connectivity index (χ4v) is 2.94. The van der Waals surface area contributed by atoms with Crippen molar-refractivity contribution < 1.29 is 23.4 Å². The van der Waals surface area contributed by atoms with E-state index in [1.54, 1.807) is 18.2 Å². The summed E-state index contributed by atoms with van der Waals surface area (Å²) < 4.78 is 30.2. The molecule has 0 aliphatic carbocycles. The summed E-state index contributed by atoms with van der Waals surface area (Å²) in [4.78, 5) is 11.4. The number of methoxy groups -OCH3 is 1. The van der Waals surface area contributed by atoms with Gasteiger partial charge in [-0.3, -0.25) is 0 Å². The van der Waals surface area contributed by atoms with E-state index >= 15 is 0 Å². The lowest BCUT2D eigenvalue weighted by molar-refractivity contribution is 0.120. The predicted molar refractivity (Wildman–Crippen MR) is 96.7 cm³/mol. The third-order valence-electron chi connectivity index (χ3n) is 3.82. The van der Waals surface area contributed by atoms with Crippen LogP contribution in [0.25, 0.3) is 0 Å². The largest absolute Gasteiger partial charge is 0.513 e. The van der Waals surface area contributed by atoms with Crippen molar-refractivity contribution in [2.24, 2.45) is 0 Å². The molecule has 2 rings (SSSR count). The van der Waals surface area contributed by atoms with E-state index in [-0.39, 0.29) is 12.4 Å². The Morgan fingerprint density at radius 3 is 2.48 bits per heavy atom. The van der Waals surface area contributed by atoms with Crippen molar-refractivity contribution in [3.05, 3.63) is 57.3 Å². The predicted octanol–water partition coefficient (Wildman–Crippen LogP) is 5.44. The number of benzene rings is 2. The fraction of sp³-hybridized carbons (Fsp3) is 0.316. The summed E-state index contributed by atoms with van der Waals surface area (Å²) in [6, 6.07) is 8.47. The van der Waals surface area contributed by atoms with Crippen molar-refractivity contribution in [1.82, 2.24) is 0 Å². The highest BCUT2D eigenvalue weighted by Gasteiger charge is 2.15. The van der Waals surface area contributed by atoms with Crippen molar-refractivity contribution in [3.63, 3.8) is 0 Å². The molecule has 0 N–H and O–H groups in total. The molecule has 0 radical (unpaired) electrons. The molecule has 2 aromatic carbocycles. The first-order valence-electron chi connectivity index (χ1n) is 7.97. The number of hydrogen-bond acceptors (Lipinski definition) is 4. The Hall–Kier alpha value is -2.08. The fourth-order valence-electron chi connectivity index (χ4n) is 2.43. The monoisotopic (exact) mass is 410 g/mol. The van der Waals surface area contributed by atoms with E-state index < -0.39 is 6.16 Å². The normalized spacial score (nSPS) is 10.4. The number of hydrogen-bond donors (Lipinski definition) is 0.